The van der Waals surface area contributed by atoms with E-state index in [1.54, 1.807) is 21.9 Å². The highest BCUT2D eigenvalue weighted by atomic mass is 32.2. The van der Waals surface area contributed by atoms with Crippen molar-refractivity contribution in [3.05, 3.63) is 95.3 Å². The molecule has 1 saturated heterocycles. The van der Waals surface area contributed by atoms with Crippen LogP contribution in [0.5, 0.6) is 0 Å². The topological polar surface area (TPSA) is 52.7 Å². The van der Waals surface area contributed by atoms with Crippen molar-refractivity contribution in [2.45, 2.75) is 36.9 Å². The van der Waals surface area contributed by atoms with Gasteiger partial charge in [-0.3, -0.25) is 9.69 Å². The van der Waals surface area contributed by atoms with Crippen LogP contribution >= 0.6 is 11.8 Å². The first-order valence-electron chi connectivity index (χ1n) is 11.2. The minimum Gasteiger partial charge on any atom is -0.308 e. The molecule has 174 valence electrons. The van der Waals surface area contributed by atoms with Crippen LogP contribution in [-0.2, 0) is 16.2 Å². The first-order valence-corrected chi connectivity index (χ1v) is 12.0. The monoisotopic (exact) mass is 475 g/mol. The van der Waals surface area contributed by atoms with Crippen LogP contribution in [0.3, 0.4) is 0 Å². The molecule has 7 heteroatoms. The summed E-state index contributed by atoms with van der Waals surface area (Å²) in [5.74, 6) is -0.475. The molecule has 5 nitrogen and oxygen atoms in total. The van der Waals surface area contributed by atoms with E-state index in [2.05, 4.69) is 19.2 Å². The summed E-state index contributed by atoms with van der Waals surface area (Å²) in [6.07, 6.45) is 0. The molecule has 0 aromatic heterocycles. The molecule has 1 N–H and O–H groups in total. The average Bonchev–Trinajstić information content (AvgIpc) is 3.22. The summed E-state index contributed by atoms with van der Waals surface area (Å²) in [4.78, 5) is 30.1. The van der Waals surface area contributed by atoms with Gasteiger partial charge in [0, 0.05) is 22.5 Å². The number of rotatable bonds is 3. The summed E-state index contributed by atoms with van der Waals surface area (Å²) < 4.78 is 13.1. The fourth-order valence-corrected chi connectivity index (χ4v) is 6.48. The van der Waals surface area contributed by atoms with Gasteiger partial charge in [0.15, 0.2) is 4.87 Å². The molecule has 5 rings (SSSR count). The van der Waals surface area contributed by atoms with Crippen molar-refractivity contribution >= 4 is 35.1 Å². The number of nitrogens with zero attached hydrogens (tertiary/aromatic N) is 2. The Labute approximate surface area is 202 Å². The Bertz CT molecular complexity index is 1260. The molecule has 0 aliphatic carbocycles. The van der Waals surface area contributed by atoms with Crippen LogP contribution < -0.4 is 10.2 Å². The van der Waals surface area contributed by atoms with Gasteiger partial charge in [-0.1, -0.05) is 48.0 Å². The Morgan fingerprint density at radius 1 is 1.06 bits per heavy atom. The predicted molar refractivity (Wildman–Crippen MR) is 134 cm³/mol. The zero-order valence-corrected chi connectivity index (χ0v) is 20.2. The van der Waals surface area contributed by atoms with Crippen LogP contribution in [0.15, 0.2) is 72.8 Å². The smallest absolute Gasteiger partial charge is 0.308 e. The number of nitrogens with one attached hydrogen (secondary N) is 1. The quantitative estimate of drug-likeness (QED) is 0.514. The summed E-state index contributed by atoms with van der Waals surface area (Å²) in [6, 6.07) is 21.0. The number of carbonyl (C=O) groups is 2. The molecule has 0 radical (unpaired) electrons. The first-order chi connectivity index (χ1) is 16.2. The largest absolute Gasteiger partial charge is 0.323 e. The average molecular weight is 476 g/mol. The van der Waals surface area contributed by atoms with Crippen molar-refractivity contribution in [2.75, 3.05) is 16.8 Å². The number of hydrogen-bond acceptors (Lipinski definition) is 3. The lowest BCUT2D eigenvalue weighted by atomic mass is 10.0. The summed E-state index contributed by atoms with van der Waals surface area (Å²) >= 11 is 1.51. The molecule has 2 aliphatic heterocycles. The molecule has 2 heterocycles. The van der Waals surface area contributed by atoms with E-state index < -0.39 is 4.87 Å². The molecule has 2 aliphatic rings. The Hall–Kier alpha value is -3.32. The van der Waals surface area contributed by atoms with Crippen LogP contribution in [0.4, 0.5) is 20.6 Å². The highest BCUT2D eigenvalue weighted by molar-refractivity contribution is 8.02. The van der Waals surface area contributed by atoms with E-state index in [-0.39, 0.29) is 22.5 Å². The maximum atomic E-state index is 14.2. The fourth-order valence-electron chi connectivity index (χ4n) is 4.76. The Balaban J connectivity index is 1.59. The zero-order valence-electron chi connectivity index (χ0n) is 19.3. The van der Waals surface area contributed by atoms with Crippen LogP contribution in [-0.4, -0.2) is 28.1 Å². The third-order valence-corrected chi connectivity index (χ3v) is 7.80. The Morgan fingerprint density at radius 2 is 1.76 bits per heavy atom. The van der Waals surface area contributed by atoms with Crippen molar-refractivity contribution in [3.8, 4) is 0 Å². The summed E-state index contributed by atoms with van der Waals surface area (Å²) in [5, 5.41) is 2.97. The van der Waals surface area contributed by atoms with Gasteiger partial charge in [-0.25, -0.2) is 9.18 Å². The molecule has 1 unspecified atom stereocenters. The van der Waals surface area contributed by atoms with Gasteiger partial charge in [-0.15, -0.1) is 11.8 Å². The highest BCUT2D eigenvalue weighted by Gasteiger charge is 2.63. The molecule has 3 aromatic rings. The fraction of sp³-hybridized carbons (Fsp3) is 0.259. The van der Waals surface area contributed by atoms with Crippen molar-refractivity contribution in [2.24, 2.45) is 0 Å². The zero-order chi connectivity index (χ0) is 24.1. The van der Waals surface area contributed by atoms with Gasteiger partial charge in [0.1, 0.15) is 5.82 Å². The van der Waals surface area contributed by atoms with E-state index in [4.69, 9.17) is 0 Å². The molecule has 3 aromatic carbocycles. The predicted octanol–water partition coefficient (Wildman–Crippen LogP) is 5.89. The van der Waals surface area contributed by atoms with Gasteiger partial charge in [-0.05, 0) is 56.7 Å². The maximum absolute atomic E-state index is 14.2. The SMILES string of the molecule is Cc1ccc2c(c1)C1(SC(C)(C)CN1C(=O)Nc1ccccc1)C(=O)N2Cc1ccc(F)cc1. The molecule has 0 saturated carbocycles. The molecule has 0 bridgehead atoms. The third kappa shape index (κ3) is 3.74. The van der Waals surface area contributed by atoms with Crippen molar-refractivity contribution in [1.29, 1.82) is 0 Å². The number of benzene rings is 3. The number of para-hydroxylation sites is 1. The van der Waals surface area contributed by atoms with E-state index in [1.807, 2.05) is 55.5 Å². The summed E-state index contributed by atoms with van der Waals surface area (Å²) in [7, 11) is 0. The number of carbonyl (C=O) groups excluding carboxylic acids is 2. The van der Waals surface area contributed by atoms with E-state index in [0.717, 1.165) is 22.4 Å². The van der Waals surface area contributed by atoms with Crippen molar-refractivity contribution < 1.29 is 14.0 Å². The molecule has 34 heavy (non-hydrogen) atoms. The normalized spacial score (nSPS) is 20.6. The van der Waals surface area contributed by atoms with Gasteiger partial charge in [0.2, 0.25) is 0 Å². The van der Waals surface area contributed by atoms with Crippen LogP contribution in [0.1, 0.15) is 30.5 Å². The second-order valence-electron chi connectivity index (χ2n) is 9.43. The van der Waals surface area contributed by atoms with Crippen molar-refractivity contribution in [3.63, 3.8) is 0 Å². The van der Waals surface area contributed by atoms with Crippen molar-refractivity contribution in [1.82, 2.24) is 4.90 Å². The minimum atomic E-state index is -1.18. The molecule has 1 atom stereocenters. The number of aryl methyl sites for hydroxylation is 1. The second kappa shape index (κ2) is 8.17. The molecule has 1 fully saturated rings. The van der Waals surface area contributed by atoms with E-state index in [1.165, 1.54) is 23.9 Å². The van der Waals surface area contributed by atoms with Crippen LogP contribution in [0.2, 0.25) is 0 Å². The molecule has 3 amide bonds. The van der Waals surface area contributed by atoms with Gasteiger partial charge in [-0.2, -0.15) is 0 Å². The van der Waals surface area contributed by atoms with Crippen LogP contribution in [0, 0.1) is 12.7 Å². The minimum absolute atomic E-state index is 0.156. The number of urea groups is 1. The second-order valence-corrected chi connectivity index (χ2v) is 11.3. The van der Waals surface area contributed by atoms with E-state index in [0.29, 0.717) is 18.8 Å². The highest BCUT2D eigenvalue weighted by Crippen LogP contribution is 2.60. The number of halogens is 1. The van der Waals surface area contributed by atoms with E-state index >= 15 is 0 Å². The third-order valence-electron chi connectivity index (χ3n) is 6.21. The number of hydrogen-bond donors (Lipinski definition) is 1. The van der Waals surface area contributed by atoms with E-state index in [9.17, 15) is 14.0 Å². The van der Waals surface area contributed by atoms with Gasteiger partial charge < -0.3 is 10.2 Å². The number of amides is 3. The van der Waals surface area contributed by atoms with Crippen LogP contribution in [0.25, 0.3) is 0 Å². The standard InChI is InChI=1S/C27H26FN3O2S/c1-18-9-14-23-22(15-18)27(24(32)30(23)16-19-10-12-20(28)13-11-19)31(17-26(2,3)34-27)25(33)29-21-7-5-4-6-8-21/h4-15H,16-17H2,1-3H3,(H,29,33). The van der Waals surface area contributed by atoms with Gasteiger partial charge >= 0.3 is 6.03 Å². The summed E-state index contributed by atoms with van der Waals surface area (Å²) in [5.41, 5.74) is 4.11. The maximum Gasteiger partial charge on any atom is 0.323 e. The lowest BCUT2D eigenvalue weighted by Crippen LogP contribution is -2.51. The van der Waals surface area contributed by atoms with Gasteiger partial charge in [0.05, 0.1) is 12.2 Å². The lowest BCUT2D eigenvalue weighted by Gasteiger charge is -2.33. The summed E-state index contributed by atoms with van der Waals surface area (Å²) in [6.45, 7) is 6.81. The number of thioether (sulfide) groups is 1. The molecule has 1 spiro atoms. The molecular weight excluding hydrogens is 449 g/mol. The number of fused-ring (bicyclic) bond motifs is 2. The Kier molecular flexibility index (Phi) is 5.40. The first kappa shape index (κ1) is 22.5. The van der Waals surface area contributed by atoms with Gasteiger partial charge in [0.25, 0.3) is 5.91 Å². The molecular formula is C27H26FN3O2S. The lowest BCUT2D eigenvalue weighted by molar-refractivity contribution is -0.123. The number of anilines is 2. The Morgan fingerprint density at radius 3 is 2.47 bits per heavy atom.